The second-order valence-corrected chi connectivity index (χ2v) is 3.14. The van der Waals surface area contributed by atoms with Crippen molar-refractivity contribution in [1.29, 1.82) is 0 Å². The van der Waals surface area contributed by atoms with Crippen LogP contribution in [0, 0.1) is 0 Å². The molecule has 6 heteroatoms. The van der Waals surface area contributed by atoms with Crippen molar-refractivity contribution in [3.05, 3.63) is 21.9 Å². The number of aromatic nitrogens is 1. The molecule has 0 aliphatic heterocycles. The van der Waals surface area contributed by atoms with Crippen molar-refractivity contribution in [2.24, 2.45) is 0 Å². The van der Waals surface area contributed by atoms with Crippen molar-refractivity contribution in [2.45, 2.75) is 0 Å². The summed E-state index contributed by atoms with van der Waals surface area (Å²) < 4.78 is 0.525. The van der Waals surface area contributed by atoms with Gasteiger partial charge in [0.2, 0.25) is 0 Å². The van der Waals surface area contributed by atoms with E-state index in [9.17, 15) is 0 Å². The topological polar surface area (TPSA) is 53.4 Å². The molecule has 1 aromatic rings. The third-order valence-corrected chi connectivity index (χ3v) is 2.00. The third-order valence-electron chi connectivity index (χ3n) is 1.13. The zero-order valence-corrected chi connectivity index (χ0v) is 7.67. The lowest BCUT2D eigenvalue weighted by molar-refractivity contribution is 0.425. The Balaban J connectivity index is 3.13. The number of nitrogens with zero attached hydrogens (tertiary/aromatic N) is 1. The Morgan fingerprint density at radius 3 is 2.64 bits per heavy atom. The minimum Gasteiger partial charge on any atom is -0.423 e. The van der Waals surface area contributed by atoms with E-state index in [0.29, 0.717) is 9.94 Å². The van der Waals surface area contributed by atoms with E-state index in [1.165, 1.54) is 12.3 Å². The molecule has 0 aliphatic carbocycles. The Hall–Kier alpha value is -0.0951. The molecule has 0 spiro atoms. The van der Waals surface area contributed by atoms with Crippen molar-refractivity contribution in [3.8, 4) is 0 Å². The summed E-state index contributed by atoms with van der Waals surface area (Å²) in [6.45, 7) is 0. The molecule has 0 fully saturated rings. The molecule has 11 heavy (non-hydrogen) atoms. The van der Waals surface area contributed by atoms with Gasteiger partial charge in [-0.15, -0.1) is 0 Å². The summed E-state index contributed by atoms with van der Waals surface area (Å²) in [5, 5.41) is 17.8. The van der Waals surface area contributed by atoms with E-state index in [1.54, 1.807) is 0 Å². The van der Waals surface area contributed by atoms with Gasteiger partial charge in [-0.1, -0.05) is 11.6 Å². The van der Waals surface area contributed by atoms with Gasteiger partial charge >= 0.3 is 7.12 Å². The first kappa shape index (κ1) is 9.00. The Labute approximate surface area is 77.3 Å². The molecular weight excluding hydrogens is 232 g/mol. The van der Waals surface area contributed by atoms with Crippen LogP contribution >= 0.6 is 27.5 Å². The van der Waals surface area contributed by atoms with Gasteiger partial charge in [0, 0.05) is 16.1 Å². The van der Waals surface area contributed by atoms with Gasteiger partial charge < -0.3 is 10.0 Å². The Morgan fingerprint density at radius 1 is 1.55 bits per heavy atom. The molecule has 0 aromatic carbocycles. The van der Waals surface area contributed by atoms with E-state index in [1.807, 2.05) is 0 Å². The van der Waals surface area contributed by atoms with Gasteiger partial charge in [-0.05, 0) is 22.0 Å². The minimum absolute atomic E-state index is 0.233. The second-order valence-electron chi connectivity index (χ2n) is 1.90. The van der Waals surface area contributed by atoms with Crippen LogP contribution in [0.5, 0.6) is 0 Å². The van der Waals surface area contributed by atoms with Crippen molar-refractivity contribution in [3.63, 3.8) is 0 Å². The molecule has 0 saturated carbocycles. The molecule has 58 valence electrons. The van der Waals surface area contributed by atoms with Crippen molar-refractivity contribution < 1.29 is 10.0 Å². The SMILES string of the molecule is OB(O)c1cc(Cl)ncc1Br. The van der Waals surface area contributed by atoms with Crippen LogP contribution in [0.1, 0.15) is 0 Å². The van der Waals surface area contributed by atoms with E-state index >= 15 is 0 Å². The summed E-state index contributed by atoms with van der Waals surface area (Å²) in [6, 6.07) is 1.39. The largest absolute Gasteiger partial charge is 0.489 e. The Morgan fingerprint density at radius 2 is 2.18 bits per heavy atom. The number of hydrogen-bond donors (Lipinski definition) is 2. The highest BCUT2D eigenvalue weighted by molar-refractivity contribution is 9.10. The fourth-order valence-electron chi connectivity index (χ4n) is 0.625. The molecule has 0 unspecified atom stereocenters. The molecule has 1 heterocycles. The maximum Gasteiger partial charge on any atom is 0.489 e. The Kier molecular flexibility index (Phi) is 2.89. The number of rotatable bonds is 1. The van der Waals surface area contributed by atoms with Crippen molar-refractivity contribution >= 4 is 40.1 Å². The highest BCUT2D eigenvalue weighted by Gasteiger charge is 2.15. The van der Waals surface area contributed by atoms with Crippen LogP contribution in [-0.4, -0.2) is 22.2 Å². The standard InChI is InChI=1S/C5H4BBrClNO2/c7-4-2-9-5(8)1-3(4)6(10)11/h1-2,10-11H. The van der Waals surface area contributed by atoms with Gasteiger partial charge in [0.15, 0.2) is 0 Å². The summed E-state index contributed by atoms with van der Waals surface area (Å²) in [5.41, 5.74) is 0.310. The lowest BCUT2D eigenvalue weighted by Crippen LogP contribution is -2.31. The third kappa shape index (κ3) is 2.17. The first-order valence-corrected chi connectivity index (χ1v) is 3.95. The van der Waals surface area contributed by atoms with E-state index in [0.717, 1.165) is 0 Å². The highest BCUT2D eigenvalue weighted by Crippen LogP contribution is 2.08. The first-order chi connectivity index (χ1) is 5.11. The minimum atomic E-state index is -1.52. The molecule has 3 nitrogen and oxygen atoms in total. The number of pyridine rings is 1. The maximum absolute atomic E-state index is 8.77. The molecule has 0 radical (unpaired) electrons. The second kappa shape index (κ2) is 3.54. The quantitative estimate of drug-likeness (QED) is 0.540. The van der Waals surface area contributed by atoms with E-state index in [2.05, 4.69) is 20.9 Å². The average molecular weight is 236 g/mol. The molecule has 1 rings (SSSR count). The molecule has 0 saturated heterocycles. The normalized spacial score (nSPS) is 9.82. The maximum atomic E-state index is 8.77. The molecule has 0 aliphatic rings. The fraction of sp³-hybridized carbons (Fsp3) is 0. The van der Waals surface area contributed by atoms with E-state index < -0.39 is 7.12 Å². The zero-order chi connectivity index (χ0) is 8.43. The molecule has 0 amide bonds. The van der Waals surface area contributed by atoms with Gasteiger partial charge in [-0.25, -0.2) is 4.98 Å². The number of hydrogen-bond acceptors (Lipinski definition) is 3. The van der Waals surface area contributed by atoms with Gasteiger partial charge in [-0.3, -0.25) is 0 Å². The molecule has 1 aromatic heterocycles. The van der Waals surface area contributed by atoms with E-state index in [4.69, 9.17) is 21.6 Å². The molecule has 0 atom stereocenters. The Bertz CT molecular complexity index is 271. The molecular formula is C5H4BBrClNO2. The monoisotopic (exact) mass is 235 g/mol. The smallest absolute Gasteiger partial charge is 0.423 e. The summed E-state index contributed by atoms with van der Waals surface area (Å²) in [4.78, 5) is 3.72. The van der Waals surface area contributed by atoms with Crippen LogP contribution in [0.15, 0.2) is 16.7 Å². The van der Waals surface area contributed by atoms with Crippen LogP contribution in [0.3, 0.4) is 0 Å². The zero-order valence-electron chi connectivity index (χ0n) is 5.33. The average Bonchev–Trinajstić information content (AvgIpc) is 1.94. The summed E-state index contributed by atoms with van der Waals surface area (Å²) >= 11 is 8.60. The fourth-order valence-corrected chi connectivity index (χ4v) is 1.21. The van der Waals surface area contributed by atoms with Crippen molar-refractivity contribution in [1.82, 2.24) is 4.98 Å². The van der Waals surface area contributed by atoms with Crippen LogP contribution in [-0.2, 0) is 0 Å². The highest BCUT2D eigenvalue weighted by atomic mass is 79.9. The van der Waals surface area contributed by atoms with Crippen LogP contribution < -0.4 is 5.46 Å². The summed E-state index contributed by atoms with van der Waals surface area (Å²) in [6.07, 6.45) is 1.41. The van der Waals surface area contributed by atoms with Gasteiger partial charge in [0.05, 0.1) is 0 Å². The van der Waals surface area contributed by atoms with Crippen LogP contribution in [0.4, 0.5) is 0 Å². The summed E-state index contributed by atoms with van der Waals surface area (Å²) in [7, 11) is -1.52. The summed E-state index contributed by atoms with van der Waals surface area (Å²) in [5.74, 6) is 0. The van der Waals surface area contributed by atoms with Gasteiger partial charge in [0.1, 0.15) is 5.15 Å². The van der Waals surface area contributed by atoms with Gasteiger partial charge in [0.25, 0.3) is 0 Å². The van der Waals surface area contributed by atoms with Crippen LogP contribution in [0.25, 0.3) is 0 Å². The van der Waals surface area contributed by atoms with Gasteiger partial charge in [-0.2, -0.15) is 0 Å². The lowest BCUT2D eigenvalue weighted by atomic mass is 9.81. The van der Waals surface area contributed by atoms with E-state index in [-0.39, 0.29) is 5.15 Å². The molecule has 0 bridgehead atoms. The predicted octanol–water partition coefficient (Wildman–Crippen LogP) is 0.177. The molecule has 2 N–H and O–H groups in total. The van der Waals surface area contributed by atoms with Crippen molar-refractivity contribution in [2.75, 3.05) is 0 Å². The van der Waals surface area contributed by atoms with Crippen LogP contribution in [0.2, 0.25) is 5.15 Å². The number of halogens is 2. The first-order valence-electron chi connectivity index (χ1n) is 2.78. The lowest BCUT2D eigenvalue weighted by Gasteiger charge is -2.01. The predicted molar refractivity (Wildman–Crippen MR) is 46.8 cm³/mol.